The van der Waals surface area contributed by atoms with Crippen LogP contribution in [0.3, 0.4) is 0 Å². The molecule has 3 rings (SSSR count). The van der Waals surface area contributed by atoms with Crippen LogP contribution in [0.2, 0.25) is 0 Å². The van der Waals surface area contributed by atoms with Crippen molar-refractivity contribution in [1.82, 2.24) is 5.32 Å². The van der Waals surface area contributed by atoms with Crippen LogP contribution in [0.15, 0.2) is 78.9 Å². The van der Waals surface area contributed by atoms with E-state index in [2.05, 4.69) is 10.1 Å². The van der Waals surface area contributed by atoms with Gasteiger partial charge in [-0.3, -0.25) is 4.79 Å². The molecule has 31 heavy (non-hydrogen) atoms. The van der Waals surface area contributed by atoms with E-state index in [9.17, 15) is 4.79 Å². The zero-order valence-corrected chi connectivity index (χ0v) is 18.1. The Kier molecular flexibility index (Phi) is 10.2. The molecule has 3 aromatic rings. The second-order valence-corrected chi connectivity index (χ2v) is 6.41. The summed E-state index contributed by atoms with van der Waals surface area (Å²) in [6.07, 6.45) is 0. The number of carbonyl (C=O) groups excluding carboxylic acids is 1. The van der Waals surface area contributed by atoms with Crippen molar-refractivity contribution in [2.45, 2.75) is 6.54 Å². The van der Waals surface area contributed by atoms with E-state index in [1.807, 2.05) is 78.9 Å². The number of esters is 1. The van der Waals surface area contributed by atoms with E-state index >= 15 is 0 Å². The molecule has 0 aliphatic rings. The molecule has 0 heterocycles. The molecule has 0 atom stereocenters. The van der Waals surface area contributed by atoms with Crippen molar-refractivity contribution in [2.24, 2.45) is 0 Å². The maximum absolute atomic E-state index is 11.1. The molecule has 0 bridgehead atoms. The summed E-state index contributed by atoms with van der Waals surface area (Å²) in [6, 6.07) is 24.8. The maximum Gasteiger partial charge on any atom is 0.319 e. The first-order chi connectivity index (χ1) is 14.7. The molecule has 0 aliphatic heterocycles. The predicted molar refractivity (Wildman–Crippen MR) is 121 cm³/mol. The number of hydrogen-bond donors (Lipinski definition) is 1. The smallest absolute Gasteiger partial charge is 0.319 e. The molecule has 3 aromatic carbocycles. The first-order valence-electron chi connectivity index (χ1n) is 9.68. The van der Waals surface area contributed by atoms with Crippen LogP contribution in [0.1, 0.15) is 5.56 Å². The fourth-order valence-corrected chi connectivity index (χ4v) is 2.63. The molecule has 6 nitrogen and oxygen atoms in total. The van der Waals surface area contributed by atoms with Crippen molar-refractivity contribution in [1.29, 1.82) is 0 Å². The summed E-state index contributed by atoms with van der Waals surface area (Å²) in [5, 5.41) is 3.02. The van der Waals surface area contributed by atoms with Gasteiger partial charge in [-0.2, -0.15) is 0 Å². The molecular weight excluding hydrogens is 418 g/mol. The quantitative estimate of drug-likeness (QED) is 0.344. The average Bonchev–Trinajstić information content (AvgIpc) is 2.79. The molecule has 0 fully saturated rings. The van der Waals surface area contributed by atoms with Crippen LogP contribution in [0.4, 0.5) is 0 Å². The lowest BCUT2D eigenvalue weighted by atomic mass is 10.2. The number of benzene rings is 3. The number of ether oxygens (including phenoxy) is 4. The molecule has 0 aromatic heterocycles. The van der Waals surface area contributed by atoms with E-state index in [0.29, 0.717) is 19.8 Å². The fraction of sp³-hybridized carbons (Fsp3) is 0.208. The third-order valence-electron chi connectivity index (χ3n) is 4.17. The van der Waals surface area contributed by atoms with Crippen molar-refractivity contribution in [3.05, 3.63) is 84.4 Å². The van der Waals surface area contributed by atoms with Crippen LogP contribution in [0.5, 0.6) is 23.0 Å². The molecule has 0 saturated heterocycles. The van der Waals surface area contributed by atoms with Crippen LogP contribution in [0.25, 0.3) is 0 Å². The summed E-state index contributed by atoms with van der Waals surface area (Å²) in [6.45, 7) is 1.64. The van der Waals surface area contributed by atoms with E-state index in [0.717, 1.165) is 28.6 Å². The first kappa shape index (κ1) is 24.1. The largest absolute Gasteiger partial charge is 0.490 e. The molecule has 7 heteroatoms. The van der Waals surface area contributed by atoms with Crippen LogP contribution < -0.4 is 19.5 Å². The van der Waals surface area contributed by atoms with Crippen LogP contribution in [-0.2, 0) is 16.1 Å². The zero-order valence-electron chi connectivity index (χ0n) is 17.3. The summed E-state index contributed by atoms with van der Waals surface area (Å²) < 4.78 is 21.8. The van der Waals surface area contributed by atoms with Gasteiger partial charge in [-0.25, -0.2) is 0 Å². The van der Waals surface area contributed by atoms with Crippen molar-refractivity contribution in [2.75, 3.05) is 26.9 Å². The SMILES string of the molecule is COC(=O)CNCc1ccc(OCCOc2ccc(Oc3ccccc3)cc2)cc1.Cl. The monoisotopic (exact) mass is 443 g/mol. The molecule has 0 amide bonds. The second-order valence-electron chi connectivity index (χ2n) is 6.41. The highest BCUT2D eigenvalue weighted by atomic mass is 35.5. The van der Waals surface area contributed by atoms with Gasteiger partial charge in [0, 0.05) is 6.54 Å². The minimum atomic E-state index is -0.284. The second kappa shape index (κ2) is 13.2. The molecular formula is C24H26ClNO5. The predicted octanol–water partition coefficient (Wildman–Crippen LogP) is 4.62. The Morgan fingerprint density at radius 1 is 0.742 bits per heavy atom. The standard InChI is InChI=1S/C24H25NO5.ClH/c1-27-24(26)18-25-17-19-7-9-20(10-8-19)28-15-16-29-21-11-13-23(14-12-21)30-22-5-3-2-4-6-22;/h2-14,25H,15-18H2,1H3;1H. The summed E-state index contributed by atoms with van der Waals surface area (Å²) >= 11 is 0. The summed E-state index contributed by atoms with van der Waals surface area (Å²) in [5.41, 5.74) is 1.06. The number of carbonyl (C=O) groups is 1. The average molecular weight is 444 g/mol. The van der Waals surface area contributed by atoms with Crippen molar-refractivity contribution in [3.8, 4) is 23.0 Å². The minimum Gasteiger partial charge on any atom is -0.490 e. The van der Waals surface area contributed by atoms with Crippen molar-refractivity contribution in [3.63, 3.8) is 0 Å². The van der Waals surface area contributed by atoms with Gasteiger partial charge in [-0.05, 0) is 54.1 Å². The molecule has 1 N–H and O–H groups in total. The van der Waals surface area contributed by atoms with Crippen LogP contribution >= 0.6 is 12.4 Å². The number of para-hydroxylation sites is 1. The lowest BCUT2D eigenvalue weighted by Gasteiger charge is -2.10. The summed E-state index contributed by atoms with van der Waals surface area (Å²) in [5.74, 6) is 2.79. The van der Waals surface area contributed by atoms with Gasteiger partial charge in [0.05, 0.1) is 13.7 Å². The van der Waals surface area contributed by atoms with Gasteiger partial charge in [-0.1, -0.05) is 30.3 Å². The highest BCUT2D eigenvalue weighted by Crippen LogP contribution is 2.23. The van der Waals surface area contributed by atoms with Crippen LogP contribution in [0, 0.1) is 0 Å². The van der Waals surface area contributed by atoms with Gasteiger partial charge in [0.2, 0.25) is 0 Å². The molecule has 0 radical (unpaired) electrons. The number of halogens is 1. The van der Waals surface area contributed by atoms with Gasteiger partial charge in [0.1, 0.15) is 36.2 Å². The third kappa shape index (κ3) is 8.58. The Bertz CT molecular complexity index is 902. The Labute approximate surface area is 188 Å². The molecule has 0 spiro atoms. The lowest BCUT2D eigenvalue weighted by Crippen LogP contribution is -2.23. The number of rotatable bonds is 11. The van der Waals surface area contributed by atoms with Gasteiger partial charge >= 0.3 is 5.97 Å². The fourth-order valence-electron chi connectivity index (χ4n) is 2.63. The zero-order chi connectivity index (χ0) is 21.0. The normalized spacial score (nSPS) is 9.97. The molecule has 0 aliphatic carbocycles. The Balaban J connectivity index is 0.00000341. The van der Waals surface area contributed by atoms with E-state index in [-0.39, 0.29) is 24.9 Å². The lowest BCUT2D eigenvalue weighted by molar-refractivity contribution is -0.139. The summed E-state index contributed by atoms with van der Waals surface area (Å²) in [4.78, 5) is 11.1. The highest BCUT2D eigenvalue weighted by molar-refractivity contribution is 5.85. The Morgan fingerprint density at radius 2 is 1.26 bits per heavy atom. The maximum atomic E-state index is 11.1. The highest BCUT2D eigenvalue weighted by Gasteiger charge is 2.01. The van der Waals surface area contributed by atoms with Gasteiger partial charge in [0.25, 0.3) is 0 Å². The molecule has 164 valence electrons. The minimum absolute atomic E-state index is 0. The van der Waals surface area contributed by atoms with Crippen LogP contribution in [-0.4, -0.2) is 32.8 Å². The van der Waals surface area contributed by atoms with Crippen molar-refractivity contribution < 1.29 is 23.7 Å². The van der Waals surface area contributed by atoms with Gasteiger partial charge in [0.15, 0.2) is 0 Å². The van der Waals surface area contributed by atoms with Gasteiger partial charge in [-0.15, -0.1) is 12.4 Å². The van der Waals surface area contributed by atoms with E-state index in [1.165, 1.54) is 7.11 Å². The topological polar surface area (TPSA) is 66.0 Å². The van der Waals surface area contributed by atoms with E-state index in [1.54, 1.807) is 0 Å². The summed E-state index contributed by atoms with van der Waals surface area (Å²) in [7, 11) is 1.37. The van der Waals surface area contributed by atoms with Crippen molar-refractivity contribution >= 4 is 18.4 Å². The number of hydrogen-bond acceptors (Lipinski definition) is 6. The Hall–Kier alpha value is -3.22. The van der Waals surface area contributed by atoms with E-state index in [4.69, 9.17) is 14.2 Å². The molecule has 0 unspecified atom stereocenters. The Morgan fingerprint density at radius 3 is 1.84 bits per heavy atom. The number of methoxy groups -OCH3 is 1. The van der Waals surface area contributed by atoms with Gasteiger partial charge < -0.3 is 24.3 Å². The number of nitrogens with one attached hydrogen (secondary N) is 1. The van der Waals surface area contributed by atoms with E-state index < -0.39 is 0 Å². The molecule has 0 saturated carbocycles. The third-order valence-corrected chi connectivity index (χ3v) is 4.17. The first-order valence-corrected chi connectivity index (χ1v) is 9.68.